The van der Waals surface area contributed by atoms with Gasteiger partial charge in [-0.2, -0.15) is 5.26 Å². The lowest BCUT2D eigenvalue weighted by molar-refractivity contribution is 0.412. The lowest BCUT2D eigenvalue weighted by atomic mass is 10.2. The zero-order valence-corrected chi connectivity index (χ0v) is 11.4. The summed E-state index contributed by atoms with van der Waals surface area (Å²) in [5.41, 5.74) is 1.34. The molecule has 0 bridgehead atoms. The largest absolute Gasteiger partial charge is 0.495 e. The highest BCUT2D eigenvalue weighted by Crippen LogP contribution is 2.13. The van der Waals surface area contributed by atoms with Crippen molar-refractivity contribution in [2.45, 2.75) is 19.9 Å². The molecule has 2 rings (SSSR count). The van der Waals surface area contributed by atoms with Gasteiger partial charge in [0, 0.05) is 25.2 Å². The van der Waals surface area contributed by atoms with Gasteiger partial charge in [0.1, 0.15) is 29.2 Å². The van der Waals surface area contributed by atoms with Crippen LogP contribution in [0.15, 0.2) is 24.5 Å². The van der Waals surface area contributed by atoms with Crippen molar-refractivity contribution in [3.63, 3.8) is 0 Å². The fraction of sp³-hybridized carbons (Fsp3) is 0.286. The number of nitrogens with zero attached hydrogens (tertiary/aromatic N) is 4. The van der Waals surface area contributed by atoms with Crippen LogP contribution in [0, 0.1) is 11.3 Å². The van der Waals surface area contributed by atoms with Crippen LogP contribution < -0.4 is 10.1 Å². The molecule has 2 aromatic heterocycles. The monoisotopic (exact) mass is 269 g/mol. The predicted octanol–water partition coefficient (Wildman–Crippen LogP) is 1.93. The smallest absolute Gasteiger partial charge is 0.146 e. The minimum Gasteiger partial charge on any atom is -0.495 e. The van der Waals surface area contributed by atoms with Crippen molar-refractivity contribution in [3.05, 3.63) is 41.6 Å². The maximum atomic E-state index is 8.94. The molecule has 1 N–H and O–H groups in total. The van der Waals surface area contributed by atoms with Crippen molar-refractivity contribution >= 4 is 5.82 Å². The number of nitrogens with one attached hydrogen (secondary N) is 1. The Bertz CT molecular complexity index is 636. The van der Waals surface area contributed by atoms with Gasteiger partial charge in [-0.3, -0.25) is 4.98 Å². The Balaban J connectivity index is 2.12. The molecule has 0 saturated heterocycles. The number of hydrogen-bond donors (Lipinski definition) is 1. The van der Waals surface area contributed by atoms with Crippen LogP contribution in [0.3, 0.4) is 0 Å². The number of aryl methyl sites for hydroxylation is 1. The van der Waals surface area contributed by atoms with Crippen LogP contribution in [0.5, 0.6) is 5.75 Å². The van der Waals surface area contributed by atoms with Gasteiger partial charge in [0.2, 0.25) is 0 Å². The fourth-order valence-corrected chi connectivity index (χ4v) is 1.67. The molecule has 20 heavy (non-hydrogen) atoms. The highest BCUT2D eigenvalue weighted by molar-refractivity contribution is 5.41. The second-order valence-electron chi connectivity index (χ2n) is 4.11. The minimum atomic E-state index is 0.364. The zero-order chi connectivity index (χ0) is 14.4. The summed E-state index contributed by atoms with van der Waals surface area (Å²) in [6.45, 7) is 2.50. The first-order chi connectivity index (χ1) is 9.75. The number of aromatic nitrogens is 3. The number of methoxy groups -OCH3 is 1. The molecule has 0 fully saturated rings. The van der Waals surface area contributed by atoms with Crippen molar-refractivity contribution in [1.29, 1.82) is 5.26 Å². The maximum Gasteiger partial charge on any atom is 0.146 e. The van der Waals surface area contributed by atoms with Gasteiger partial charge in [-0.15, -0.1) is 0 Å². The zero-order valence-electron chi connectivity index (χ0n) is 11.4. The van der Waals surface area contributed by atoms with E-state index in [1.807, 2.05) is 19.1 Å². The molecule has 2 heterocycles. The van der Waals surface area contributed by atoms with Gasteiger partial charge < -0.3 is 10.1 Å². The van der Waals surface area contributed by atoms with Crippen molar-refractivity contribution in [3.8, 4) is 11.8 Å². The Hall–Kier alpha value is -2.68. The molecule has 0 spiro atoms. The summed E-state index contributed by atoms with van der Waals surface area (Å²) in [5, 5.41) is 12.1. The molecular formula is C14H15N5O. The average Bonchev–Trinajstić information content (AvgIpc) is 2.52. The van der Waals surface area contributed by atoms with Crippen LogP contribution in [0.25, 0.3) is 0 Å². The van der Waals surface area contributed by atoms with Crippen molar-refractivity contribution in [2.24, 2.45) is 0 Å². The average molecular weight is 269 g/mol. The molecule has 0 unspecified atom stereocenters. The van der Waals surface area contributed by atoms with E-state index in [0.29, 0.717) is 36.1 Å². The Kier molecular flexibility index (Phi) is 4.45. The van der Waals surface area contributed by atoms with Gasteiger partial charge in [0.25, 0.3) is 0 Å². The summed E-state index contributed by atoms with van der Waals surface area (Å²) in [7, 11) is 1.60. The number of hydrogen-bond acceptors (Lipinski definition) is 6. The third-order valence-electron chi connectivity index (χ3n) is 2.68. The molecule has 2 aromatic rings. The van der Waals surface area contributed by atoms with Gasteiger partial charge in [-0.25, -0.2) is 9.97 Å². The number of ether oxygens (including phenoxy) is 1. The Morgan fingerprint density at radius 1 is 1.30 bits per heavy atom. The molecular weight excluding hydrogens is 254 g/mol. The van der Waals surface area contributed by atoms with Crippen LogP contribution in [0.1, 0.15) is 24.0 Å². The van der Waals surface area contributed by atoms with E-state index in [4.69, 9.17) is 10.00 Å². The van der Waals surface area contributed by atoms with Gasteiger partial charge in [-0.05, 0) is 11.6 Å². The maximum absolute atomic E-state index is 8.94. The Morgan fingerprint density at radius 3 is 2.85 bits per heavy atom. The molecule has 0 atom stereocenters. The normalized spacial score (nSPS) is 9.85. The Labute approximate surface area is 117 Å². The molecule has 0 amide bonds. The summed E-state index contributed by atoms with van der Waals surface area (Å²) >= 11 is 0. The van der Waals surface area contributed by atoms with Crippen molar-refractivity contribution in [2.75, 3.05) is 12.4 Å². The van der Waals surface area contributed by atoms with E-state index in [1.165, 1.54) is 0 Å². The fourth-order valence-electron chi connectivity index (χ4n) is 1.67. The highest BCUT2D eigenvalue weighted by atomic mass is 16.5. The lowest BCUT2D eigenvalue weighted by Gasteiger charge is -2.08. The number of anilines is 1. The van der Waals surface area contributed by atoms with Gasteiger partial charge >= 0.3 is 0 Å². The first kappa shape index (κ1) is 13.7. The quantitative estimate of drug-likeness (QED) is 0.892. The molecule has 6 nitrogen and oxygen atoms in total. The third-order valence-corrected chi connectivity index (χ3v) is 2.68. The molecule has 0 aliphatic rings. The van der Waals surface area contributed by atoms with E-state index < -0.39 is 0 Å². The molecule has 102 valence electrons. The summed E-state index contributed by atoms with van der Waals surface area (Å²) in [4.78, 5) is 12.5. The molecule has 0 aliphatic carbocycles. The van der Waals surface area contributed by atoms with E-state index in [-0.39, 0.29) is 0 Å². The van der Waals surface area contributed by atoms with E-state index >= 15 is 0 Å². The Morgan fingerprint density at radius 2 is 2.15 bits per heavy atom. The van der Waals surface area contributed by atoms with Crippen LogP contribution in [0.2, 0.25) is 0 Å². The summed E-state index contributed by atoms with van der Waals surface area (Å²) in [6, 6.07) is 5.56. The highest BCUT2D eigenvalue weighted by Gasteiger charge is 2.03. The van der Waals surface area contributed by atoms with Gasteiger partial charge in [0.05, 0.1) is 13.3 Å². The summed E-state index contributed by atoms with van der Waals surface area (Å²) in [5.74, 6) is 1.99. The molecule has 0 aliphatic heterocycles. The first-order valence-electron chi connectivity index (χ1n) is 6.25. The first-order valence-corrected chi connectivity index (χ1v) is 6.25. The predicted molar refractivity (Wildman–Crippen MR) is 74.2 cm³/mol. The number of rotatable bonds is 5. The third kappa shape index (κ3) is 3.42. The van der Waals surface area contributed by atoms with Crippen molar-refractivity contribution in [1.82, 2.24) is 15.0 Å². The van der Waals surface area contributed by atoms with Crippen molar-refractivity contribution < 1.29 is 4.74 Å². The van der Waals surface area contributed by atoms with E-state index in [2.05, 4.69) is 20.3 Å². The van der Waals surface area contributed by atoms with E-state index in [9.17, 15) is 0 Å². The molecule has 0 saturated carbocycles. The van der Waals surface area contributed by atoms with Crippen LogP contribution in [-0.2, 0) is 13.0 Å². The van der Waals surface area contributed by atoms with Crippen LogP contribution in [-0.4, -0.2) is 22.1 Å². The van der Waals surface area contributed by atoms with Gasteiger partial charge in [-0.1, -0.05) is 6.92 Å². The van der Waals surface area contributed by atoms with Crippen LogP contribution in [0.4, 0.5) is 5.82 Å². The molecule has 0 aromatic carbocycles. The number of nitriles is 1. The van der Waals surface area contributed by atoms with Gasteiger partial charge in [0.15, 0.2) is 0 Å². The minimum absolute atomic E-state index is 0.364. The van der Waals surface area contributed by atoms with E-state index in [1.54, 1.807) is 25.6 Å². The molecule has 0 radical (unpaired) electrons. The van der Waals surface area contributed by atoms with E-state index in [0.717, 1.165) is 5.56 Å². The SMILES string of the molecule is CCc1nc(C#N)cc(NCc2cncc(OC)c2)n1. The summed E-state index contributed by atoms with van der Waals surface area (Å²) in [6.07, 6.45) is 4.09. The standard InChI is InChI=1S/C14H15N5O/c1-3-13-18-11(6-15)5-14(19-13)17-8-10-4-12(20-2)9-16-7-10/h4-5,7,9H,3,8H2,1-2H3,(H,17,18,19). The topological polar surface area (TPSA) is 83.7 Å². The lowest BCUT2D eigenvalue weighted by Crippen LogP contribution is -2.05. The second kappa shape index (κ2) is 6.48. The second-order valence-corrected chi connectivity index (χ2v) is 4.11. The molecule has 6 heteroatoms. The van der Waals surface area contributed by atoms with Crippen LogP contribution >= 0.6 is 0 Å². The summed E-state index contributed by atoms with van der Waals surface area (Å²) < 4.78 is 5.12. The number of pyridine rings is 1.